The first-order valence-corrected chi connectivity index (χ1v) is 6.73. The fourth-order valence-electron chi connectivity index (χ4n) is 2.23. The van der Waals surface area contributed by atoms with E-state index < -0.39 is 0 Å². The van der Waals surface area contributed by atoms with Crippen LogP contribution < -0.4 is 5.56 Å². The Balaban J connectivity index is 2.42. The minimum absolute atomic E-state index is 0.123. The maximum absolute atomic E-state index is 12.1. The fourth-order valence-corrected chi connectivity index (χ4v) is 2.75. The van der Waals surface area contributed by atoms with E-state index in [1.165, 1.54) is 4.57 Å². The summed E-state index contributed by atoms with van der Waals surface area (Å²) in [6, 6.07) is 10.6. The Morgan fingerprint density at radius 2 is 1.80 bits per heavy atom. The summed E-state index contributed by atoms with van der Waals surface area (Å²) in [6.07, 6.45) is 1.66. The molecule has 0 aliphatic rings. The van der Waals surface area contributed by atoms with Gasteiger partial charge in [0.15, 0.2) is 0 Å². The highest BCUT2D eigenvalue weighted by atomic mass is 35.5. The van der Waals surface area contributed by atoms with Crippen molar-refractivity contribution in [2.24, 2.45) is 7.05 Å². The van der Waals surface area contributed by atoms with Crippen molar-refractivity contribution in [1.82, 2.24) is 9.55 Å². The van der Waals surface area contributed by atoms with E-state index >= 15 is 0 Å². The summed E-state index contributed by atoms with van der Waals surface area (Å²) in [7, 11) is 1.70. The molecule has 100 valence electrons. The van der Waals surface area contributed by atoms with Crippen molar-refractivity contribution in [1.29, 1.82) is 0 Å². The van der Waals surface area contributed by atoms with Crippen LogP contribution in [0.4, 0.5) is 0 Å². The number of halogens is 2. The first kappa shape index (κ1) is 13.2. The van der Waals surface area contributed by atoms with Crippen molar-refractivity contribution < 1.29 is 0 Å². The number of benzene rings is 1. The van der Waals surface area contributed by atoms with E-state index in [2.05, 4.69) is 4.98 Å². The summed E-state index contributed by atoms with van der Waals surface area (Å²) in [4.78, 5) is 16.3. The molecule has 3 nitrogen and oxygen atoms in total. The predicted molar refractivity (Wildman–Crippen MR) is 82.4 cm³/mol. The van der Waals surface area contributed by atoms with Gasteiger partial charge in [-0.15, -0.1) is 0 Å². The van der Waals surface area contributed by atoms with Crippen LogP contribution in [0.3, 0.4) is 0 Å². The monoisotopic (exact) mass is 304 g/mol. The smallest absolute Gasteiger partial charge is 0.252 e. The van der Waals surface area contributed by atoms with Crippen LogP contribution in [0.15, 0.2) is 47.4 Å². The maximum atomic E-state index is 12.1. The summed E-state index contributed by atoms with van der Waals surface area (Å²) < 4.78 is 1.52. The normalized spacial score (nSPS) is 10.9. The van der Waals surface area contributed by atoms with E-state index in [1.807, 2.05) is 12.1 Å². The Morgan fingerprint density at radius 1 is 1.10 bits per heavy atom. The van der Waals surface area contributed by atoms with Gasteiger partial charge in [-0.2, -0.15) is 0 Å². The second-order valence-electron chi connectivity index (χ2n) is 4.49. The van der Waals surface area contributed by atoms with Crippen molar-refractivity contribution in [3.8, 4) is 11.1 Å². The molecule has 0 N–H and O–H groups in total. The molecule has 3 rings (SSSR count). The Hall–Kier alpha value is -1.84. The van der Waals surface area contributed by atoms with E-state index in [-0.39, 0.29) is 5.56 Å². The lowest BCUT2D eigenvalue weighted by atomic mass is 10.0. The average molecular weight is 305 g/mol. The van der Waals surface area contributed by atoms with E-state index in [0.29, 0.717) is 15.7 Å². The van der Waals surface area contributed by atoms with Gasteiger partial charge in [-0.25, -0.2) is 4.98 Å². The largest absolute Gasteiger partial charge is 0.296 e. The molecule has 0 saturated heterocycles. The Bertz CT molecular complexity index is 851. The van der Waals surface area contributed by atoms with Gasteiger partial charge in [0, 0.05) is 34.7 Å². The highest BCUT2D eigenvalue weighted by Gasteiger charge is 2.10. The molecule has 2 aromatic heterocycles. The summed E-state index contributed by atoms with van der Waals surface area (Å²) in [6.45, 7) is 0. The fraction of sp³-hybridized carbons (Fsp3) is 0.0667. The van der Waals surface area contributed by atoms with Crippen LogP contribution in [0.2, 0.25) is 10.0 Å². The third-order valence-corrected chi connectivity index (χ3v) is 3.60. The van der Waals surface area contributed by atoms with Crippen LogP contribution in [0, 0.1) is 0 Å². The van der Waals surface area contributed by atoms with Crippen LogP contribution >= 0.6 is 23.2 Å². The van der Waals surface area contributed by atoms with Gasteiger partial charge in [-0.05, 0) is 41.5 Å². The Labute approximate surface area is 125 Å². The lowest BCUT2D eigenvalue weighted by Gasteiger charge is -2.10. The van der Waals surface area contributed by atoms with Gasteiger partial charge < -0.3 is 0 Å². The van der Waals surface area contributed by atoms with Crippen molar-refractivity contribution in [2.45, 2.75) is 0 Å². The number of aromatic nitrogens is 2. The first-order valence-electron chi connectivity index (χ1n) is 5.97. The molecule has 0 spiro atoms. The molecule has 0 atom stereocenters. The van der Waals surface area contributed by atoms with Crippen molar-refractivity contribution >= 4 is 34.2 Å². The van der Waals surface area contributed by atoms with E-state index in [0.717, 1.165) is 16.5 Å². The third-order valence-electron chi connectivity index (χ3n) is 3.17. The lowest BCUT2D eigenvalue weighted by molar-refractivity contribution is 0.888. The number of rotatable bonds is 1. The minimum atomic E-state index is -0.123. The molecule has 0 aliphatic carbocycles. The number of nitrogens with zero attached hydrogens (tertiary/aromatic N) is 2. The average Bonchev–Trinajstić information content (AvgIpc) is 2.42. The van der Waals surface area contributed by atoms with E-state index in [9.17, 15) is 4.79 Å². The number of pyridine rings is 2. The molecular formula is C15H10Cl2N2O. The molecule has 5 heteroatoms. The second kappa shape index (κ2) is 4.93. The molecule has 3 aromatic rings. The van der Waals surface area contributed by atoms with E-state index in [1.54, 1.807) is 37.5 Å². The SMILES string of the molecule is Cn1c(=O)cc(-c2cc(Cl)cc(Cl)c2)c2cccnc21. The van der Waals surface area contributed by atoms with Crippen LogP contribution in [-0.2, 0) is 7.05 Å². The third kappa shape index (κ3) is 2.19. The molecule has 0 unspecified atom stereocenters. The highest BCUT2D eigenvalue weighted by molar-refractivity contribution is 6.35. The molecule has 0 bridgehead atoms. The van der Waals surface area contributed by atoms with Gasteiger partial charge in [0.1, 0.15) is 5.65 Å². The van der Waals surface area contributed by atoms with Crippen LogP contribution in [0.1, 0.15) is 0 Å². The topological polar surface area (TPSA) is 34.9 Å². The number of aryl methyl sites for hydroxylation is 1. The molecule has 0 radical (unpaired) electrons. The van der Waals surface area contributed by atoms with Crippen LogP contribution in [0.25, 0.3) is 22.2 Å². The quantitative estimate of drug-likeness (QED) is 0.683. The van der Waals surface area contributed by atoms with E-state index in [4.69, 9.17) is 23.2 Å². The summed E-state index contributed by atoms with van der Waals surface area (Å²) in [5, 5.41) is 1.95. The van der Waals surface area contributed by atoms with Gasteiger partial charge in [-0.3, -0.25) is 9.36 Å². The first-order chi connectivity index (χ1) is 9.56. The van der Waals surface area contributed by atoms with Gasteiger partial charge in [-0.1, -0.05) is 23.2 Å². The van der Waals surface area contributed by atoms with Crippen molar-refractivity contribution in [3.63, 3.8) is 0 Å². The summed E-state index contributed by atoms with van der Waals surface area (Å²) >= 11 is 12.1. The highest BCUT2D eigenvalue weighted by Crippen LogP contribution is 2.30. The minimum Gasteiger partial charge on any atom is -0.296 e. The molecular weight excluding hydrogens is 295 g/mol. The molecule has 1 aromatic carbocycles. The molecule has 0 fully saturated rings. The standard InChI is InChI=1S/C15H10Cl2N2O/c1-19-14(20)8-13(12-3-2-4-18-15(12)19)9-5-10(16)7-11(17)6-9/h2-8H,1H3. The zero-order chi connectivity index (χ0) is 14.3. The Morgan fingerprint density at radius 3 is 2.50 bits per heavy atom. The van der Waals surface area contributed by atoms with Crippen molar-refractivity contribution in [3.05, 3.63) is 63.0 Å². The zero-order valence-corrected chi connectivity index (χ0v) is 12.1. The van der Waals surface area contributed by atoms with Crippen LogP contribution in [0.5, 0.6) is 0 Å². The second-order valence-corrected chi connectivity index (χ2v) is 5.36. The summed E-state index contributed by atoms with van der Waals surface area (Å²) in [5.74, 6) is 0. The number of fused-ring (bicyclic) bond motifs is 1. The lowest BCUT2D eigenvalue weighted by Crippen LogP contribution is -2.17. The van der Waals surface area contributed by atoms with Crippen LogP contribution in [-0.4, -0.2) is 9.55 Å². The predicted octanol–water partition coefficient (Wildman–Crippen LogP) is 3.91. The van der Waals surface area contributed by atoms with Gasteiger partial charge in [0.2, 0.25) is 0 Å². The van der Waals surface area contributed by atoms with Gasteiger partial charge in [0.25, 0.3) is 5.56 Å². The molecule has 2 heterocycles. The number of hydrogen-bond donors (Lipinski definition) is 0. The Kier molecular flexibility index (Phi) is 3.24. The molecule has 0 amide bonds. The van der Waals surface area contributed by atoms with Gasteiger partial charge in [0.05, 0.1) is 0 Å². The molecule has 20 heavy (non-hydrogen) atoms. The van der Waals surface area contributed by atoms with Gasteiger partial charge >= 0.3 is 0 Å². The number of hydrogen-bond acceptors (Lipinski definition) is 2. The molecule has 0 aliphatic heterocycles. The summed E-state index contributed by atoms with van der Waals surface area (Å²) in [5.41, 5.74) is 2.09. The zero-order valence-electron chi connectivity index (χ0n) is 10.6. The maximum Gasteiger partial charge on any atom is 0.252 e. The molecule has 0 saturated carbocycles. The van der Waals surface area contributed by atoms with Crippen molar-refractivity contribution in [2.75, 3.05) is 0 Å².